The Morgan fingerprint density at radius 1 is 1.00 bits per heavy atom. The molecule has 1 amide bonds. The van der Waals surface area contributed by atoms with Gasteiger partial charge in [-0.05, 0) is 47.5 Å². The molecule has 3 rings (SSSR count). The molecule has 2 aromatic carbocycles. The molecule has 0 N–H and O–H groups in total. The maximum absolute atomic E-state index is 13.5. The zero-order valence-electron chi connectivity index (χ0n) is 13.4. The smallest absolute Gasteiger partial charge is 0.254 e. The predicted octanol–water partition coefficient (Wildman–Crippen LogP) is 4.72. The van der Waals surface area contributed by atoms with E-state index in [1.807, 2.05) is 24.3 Å². The largest absolute Gasteiger partial charge is 0.330 e. The maximum Gasteiger partial charge on any atom is 0.254 e. The summed E-state index contributed by atoms with van der Waals surface area (Å²) in [6, 6.07) is 16.8. The van der Waals surface area contributed by atoms with Gasteiger partial charge in [0.15, 0.2) is 0 Å². The number of amides is 1. The molecule has 0 aliphatic carbocycles. The van der Waals surface area contributed by atoms with Crippen molar-refractivity contribution < 1.29 is 9.18 Å². The van der Waals surface area contributed by atoms with E-state index in [-0.39, 0.29) is 5.91 Å². The van der Waals surface area contributed by atoms with E-state index in [2.05, 4.69) is 4.98 Å². The summed E-state index contributed by atoms with van der Waals surface area (Å²) in [6.07, 6.45) is 3.40. The number of aromatic nitrogens is 1. The van der Waals surface area contributed by atoms with Crippen molar-refractivity contribution >= 4 is 17.5 Å². The molecule has 126 valence electrons. The van der Waals surface area contributed by atoms with Gasteiger partial charge in [0.2, 0.25) is 0 Å². The summed E-state index contributed by atoms with van der Waals surface area (Å²) >= 11 is 5.92. The highest BCUT2D eigenvalue weighted by Crippen LogP contribution is 2.16. The Kier molecular flexibility index (Phi) is 5.41. The number of carbonyl (C=O) groups is 1. The topological polar surface area (TPSA) is 33.2 Å². The molecule has 25 heavy (non-hydrogen) atoms. The summed E-state index contributed by atoms with van der Waals surface area (Å²) in [7, 11) is 0. The number of halogens is 2. The van der Waals surface area contributed by atoms with E-state index in [0.717, 1.165) is 11.1 Å². The lowest BCUT2D eigenvalue weighted by atomic mass is 10.1. The maximum atomic E-state index is 13.5. The Morgan fingerprint density at radius 3 is 2.44 bits per heavy atom. The van der Waals surface area contributed by atoms with E-state index < -0.39 is 5.82 Å². The average molecular weight is 355 g/mol. The van der Waals surface area contributed by atoms with Crippen LogP contribution >= 0.6 is 11.6 Å². The molecular formula is C20H16ClFN2O. The molecule has 1 aromatic heterocycles. The Morgan fingerprint density at radius 2 is 1.76 bits per heavy atom. The second kappa shape index (κ2) is 7.90. The number of benzene rings is 2. The van der Waals surface area contributed by atoms with Gasteiger partial charge in [0.25, 0.3) is 5.91 Å². The van der Waals surface area contributed by atoms with Crippen LogP contribution in [-0.4, -0.2) is 15.8 Å². The van der Waals surface area contributed by atoms with Gasteiger partial charge in [0.1, 0.15) is 5.82 Å². The van der Waals surface area contributed by atoms with Crippen LogP contribution in [0.3, 0.4) is 0 Å². The van der Waals surface area contributed by atoms with E-state index in [9.17, 15) is 9.18 Å². The minimum atomic E-state index is -0.432. The molecule has 5 heteroatoms. The molecule has 0 atom stereocenters. The lowest BCUT2D eigenvalue weighted by molar-refractivity contribution is 0.0729. The van der Waals surface area contributed by atoms with Crippen molar-refractivity contribution in [3.63, 3.8) is 0 Å². The standard InChI is InChI=1S/C20H16ClFN2O/c21-18-8-6-15(7-9-18)13-24(14-16-3-2-10-23-12-16)20(25)17-4-1-5-19(22)11-17/h1-12H,13-14H2. The number of hydrogen-bond donors (Lipinski definition) is 0. The fourth-order valence-corrected chi connectivity index (χ4v) is 2.65. The lowest BCUT2D eigenvalue weighted by Gasteiger charge is -2.23. The molecule has 0 fully saturated rings. The van der Waals surface area contributed by atoms with Crippen LogP contribution in [0.25, 0.3) is 0 Å². The molecule has 0 unspecified atom stereocenters. The van der Waals surface area contributed by atoms with Crippen molar-refractivity contribution in [2.75, 3.05) is 0 Å². The van der Waals surface area contributed by atoms with Crippen LogP contribution in [0.1, 0.15) is 21.5 Å². The van der Waals surface area contributed by atoms with Gasteiger partial charge < -0.3 is 4.90 Å². The van der Waals surface area contributed by atoms with Crippen LogP contribution in [0.2, 0.25) is 5.02 Å². The number of hydrogen-bond acceptors (Lipinski definition) is 2. The van der Waals surface area contributed by atoms with Gasteiger partial charge in [-0.2, -0.15) is 0 Å². The first-order valence-corrected chi connectivity index (χ1v) is 8.18. The molecule has 3 nitrogen and oxygen atoms in total. The van der Waals surface area contributed by atoms with Gasteiger partial charge in [-0.3, -0.25) is 9.78 Å². The molecule has 0 aliphatic heterocycles. The first kappa shape index (κ1) is 17.1. The normalized spacial score (nSPS) is 10.5. The molecule has 0 aliphatic rings. The zero-order valence-corrected chi connectivity index (χ0v) is 14.2. The summed E-state index contributed by atoms with van der Waals surface area (Å²) < 4.78 is 13.5. The summed E-state index contributed by atoms with van der Waals surface area (Å²) in [6.45, 7) is 0.771. The monoisotopic (exact) mass is 354 g/mol. The summed E-state index contributed by atoms with van der Waals surface area (Å²) in [4.78, 5) is 18.6. The second-order valence-electron chi connectivity index (χ2n) is 5.66. The van der Waals surface area contributed by atoms with Crippen molar-refractivity contribution in [3.8, 4) is 0 Å². The minimum absolute atomic E-state index is 0.238. The first-order chi connectivity index (χ1) is 12.1. The molecule has 1 heterocycles. The van der Waals surface area contributed by atoms with Gasteiger partial charge in [-0.25, -0.2) is 4.39 Å². The molecule has 0 spiro atoms. The Bertz CT molecular complexity index is 853. The van der Waals surface area contributed by atoms with Crippen LogP contribution in [0.15, 0.2) is 73.1 Å². The van der Waals surface area contributed by atoms with Crippen LogP contribution < -0.4 is 0 Å². The SMILES string of the molecule is O=C(c1cccc(F)c1)N(Cc1ccc(Cl)cc1)Cc1cccnc1. The molecule has 0 bridgehead atoms. The summed E-state index contributed by atoms with van der Waals surface area (Å²) in [5, 5.41) is 0.638. The lowest BCUT2D eigenvalue weighted by Crippen LogP contribution is -2.30. The third-order valence-electron chi connectivity index (χ3n) is 3.74. The predicted molar refractivity (Wildman–Crippen MR) is 95.7 cm³/mol. The molecule has 0 radical (unpaired) electrons. The van der Waals surface area contributed by atoms with Crippen molar-refractivity contribution in [1.29, 1.82) is 0 Å². The third kappa shape index (κ3) is 4.64. The van der Waals surface area contributed by atoms with E-state index in [1.54, 1.807) is 35.5 Å². The number of carbonyl (C=O) groups excluding carboxylic acids is 1. The highest BCUT2D eigenvalue weighted by molar-refractivity contribution is 6.30. The Labute approximate surface area is 150 Å². The minimum Gasteiger partial charge on any atom is -0.330 e. The number of pyridine rings is 1. The number of nitrogens with zero attached hydrogens (tertiary/aromatic N) is 2. The van der Waals surface area contributed by atoms with Crippen molar-refractivity contribution in [1.82, 2.24) is 9.88 Å². The van der Waals surface area contributed by atoms with E-state index in [0.29, 0.717) is 23.7 Å². The summed E-state index contributed by atoms with van der Waals surface area (Å²) in [5.74, 6) is -0.669. The van der Waals surface area contributed by atoms with Crippen LogP contribution in [0.5, 0.6) is 0 Å². The Balaban J connectivity index is 1.87. The van der Waals surface area contributed by atoms with Gasteiger partial charge in [0.05, 0.1) is 0 Å². The quantitative estimate of drug-likeness (QED) is 0.664. The van der Waals surface area contributed by atoms with Crippen LogP contribution in [0.4, 0.5) is 4.39 Å². The fourth-order valence-electron chi connectivity index (χ4n) is 2.53. The fraction of sp³-hybridized carbons (Fsp3) is 0.100. The van der Waals surface area contributed by atoms with Gasteiger partial charge >= 0.3 is 0 Å². The van der Waals surface area contributed by atoms with Gasteiger partial charge in [-0.1, -0.05) is 35.9 Å². The average Bonchev–Trinajstić information content (AvgIpc) is 2.63. The van der Waals surface area contributed by atoms with E-state index in [1.165, 1.54) is 18.2 Å². The second-order valence-corrected chi connectivity index (χ2v) is 6.10. The van der Waals surface area contributed by atoms with E-state index in [4.69, 9.17) is 11.6 Å². The first-order valence-electron chi connectivity index (χ1n) is 7.80. The van der Waals surface area contributed by atoms with Gasteiger partial charge in [-0.15, -0.1) is 0 Å². The Hall–Kier alpha value is -2.72. The molecular weight excluding hydrogens is 339 g/mol. The van der Waals surface area contributed by atoms with Crippen molar-refractivity contribution in [2.24, 2.45) is 0 Å². The summed E-state index contributed by atoms with van der Waals surface area (Å²) in [5.41, 5.74) is 2.16. The van der Waals surface area contributed by atoms with E-state index >= 15 is 0 Å². The third-order valence-corrected chi connectivity index (χ3v) is 3.99. The molecule has 3 aromatic rings. The highest BCUT2D eigenvalue weighted by Gasteiger charge is 2.17. The van der Waals surface area contributed by atoms with Crippen molar-refractivity contribution in [2.45, 2.75) is 13.1 Å². The van der Waals surface area contributed by atoms with Crippen LogP contribution in [0, 0.1) is 5.82 Å². The van der Waals surface area contributed by atoms with Crippen molar-refractivity contribution in [3.05, 3.63) is 101 Å². The van der Waals surface area contributed by atoms with Crippen LogP contribution in [-0.2, 0) is 13.1 Å². The number of rotatable bonds is 5. The van der Waals surface area contributed by atoms with Gasteiger partial charge in [0, 0.05) is 36.1 Å². The zero-order chi connectivity index (χ0) is 17.6. The molecule has 0 saturated heterocycles. The highest BCUT2D eigenvalue weighted by atomic mass is 35.5. The molecule has 0 saturated carbocycles.